The average Bonchev–Trinajstić information content (AvgIpc) is 2.58. The third kappa shape index (κ3) is 2.15. The Morgan fingerprint density at radius 2 is 2.07 bits per heavy atom. The highest BCUT2D eigenvalue weighted by Crippen LogP contribution is 2.31. The van der Waals surface area contributed by atoms with E-state index in [1.807, 2.05) is 24.2 Å². The fourth-order valence-electron chi connectivity index (χ4n) is 1.73. The molecule has 80 valence electrons. The maximum Gasteiger partial charge on any atom is 0.118 e. The standard InChI is InChI=1S/C11H13BrN2O/c1-14-10(7-11(12)13-14)8-3-5-9(15-2)6-4-8/h3-6,10H,7H2,1-2H3. The van der Waals surface area contributed by atoms with Gasteiger partial charge in [-0.05, 0) is 33.6 Å². The van der Waals surface area contributed by atoms with Gasteiger partial charge in [-0.1, -0.05) is 12.1 Å². The Balaban J connectivity index is 2.17. The van der Waals surface area contributed by atoms with Crippen LogP contribution in [0.15, 0.2) is 29.4 Å². The first kappa shape index (κ1) is 10.5. The molecule has 0 aliphatic carbocycles. The second-order valence-electron chi connectivity index (χ2n) is 3.54. The van der Waals surface area contributed by atoms with Crippen LogP contribution in [0.2, 0.25) is 0 Å². The van der Waals surface area contributed by atoms with Crippen LogP contribution in [0.1, 0.15) is 18.0 Å². The van der Waals surface area contributed by atoms with E-state index in [-0.39, 0.29) is 0 Å². The van der Waals surface area contributed by atoms with Crippen LogP contribution in [0.3, 0.4) is 0 Å². The highest BCUT2D eigenvalue weighted by molar-refractivity contribution is 9.18. The van der Waals surface area contributed by atoms with Crippen LogP contribution in [0, 0.1) is 0 Å². The molecule has 0 spiro atoms. The molecule has 1 heterocycles. The van der Waals surface area contributed by atoms with Crippen molar-refractivity contribution in [2.24, 2.45) is 5.10 Å². The molecule has 1 aliphatic rings. The first-order valence-corrected chi connectivity index (χ1v) is 5.60. The molecule has 1 unspecified atom stereocenters. The molecule has 3 nitrogen and oxygen atoms in total. The number of rotatable bonds is 2. The highest BCUT2D eigenvalue weighted by atomic mass is 79.9. The van der Waals surface area contributed by atoms with Crippen LogP contribution in [0.25, 0.3) is 0 Å². The zero-order chi connectivity index (χ0) is 10.8. The van der Waals surface area contributed by atoms with Gasteiger partial charge in [0.2, 0.25) is 0 Å². The molecule has 1 aliphatic heterocycles. The summed E-state index contributed by atoms with van der Waals surface area (Å²) < 4.78 is 6.13. The van der Waals surface area contributed by atoms with Gasteiger partial charge in [-0.3, -0.25) is 5.01 Å². The lowest BCUT2D eigenvalue weighted by Gasteiger charge is -2.19. The van der Waals surface area contributed by atoms with E-state index < -0.39 is 0 Å². The first-order chi connectivity index (χ1) is 7.20. The number of hydrazone groups is 1. The van der Waals surface area contributed by atoms with Crippen LogP contribution < -0.4 is 4.74 Å². The van der Waals surface area contributed by atoms with Gasteiger partial charge in [0.1, 0.15) is 10.4 Å². The quantitative estimate of drug-likeness (QED) is 0.824. The van der Waals surface area contributed by atoms with Gasteiger partial charge in [0.05, 0.1) is 13.2 Å². The minimum Gasteiger partial charge on any atom is -0.497 e. The fraction of sp³-hybridized carbons (Fsp3) is 0.364. The van der Waals surface area contributed by atoms with Crippen LogP contribution >= 0.6 is 15.9 Å². The van der Waals surface area contributed by atoms with E-state index in [4.69, 9.17) is 4.74 Å². The lowest BCUT2D eigenvalue weighted by atomic mass is 10.0. The summed E-state index contributed by atoms with van der Waals surface area (Å²) in [4.78, 5) is 0. The summed E-state index contributed by atoms with van der Waals surface area (Å²) >= 11 is 3.43. The van der Waals surface area contributed by atoms with Gasteiger partial charge in [-0.2, -0.15) is 5.10 Å². The highest BCUT2D eigenvalue weighted by Gasteiger charge is 2.23. The number of ether oxygens (including phenoxy) is 1. The second kappa shape index (κ2) is 4.23. The first-order valence-electron chi connectivity index (χ1n) is 4.80. The third-order valence-corrected chi connectivity index (χ3v) is 3.06. The maximum atomic E-state index is 5.13. The Morgan fingerprint density at radius 1 is 1.40 bits per heavy atom. The van der Waals surface area contributed by atoms with E-state index in [0.29, 0.717) is 6.04 Å². The van der Waals surface area contributed by atoms with Gasteiger partial charge < -0.3 is 4.74 Å². The Bertz CT molecular complexity index is 375. The monoisotopic (exact) mass is 268 g/mol. The Kier molecular flexibility index (Phi) is 2.95. The van der Waals surface area contributed by atoms with Crippen molar-refractivity contribution in [2.75, 3.05) is 14.2 Å². The second-order valence-corrected chi connectivity index (χ2v) is 4.46. The van der Waals surface area contributed by atoms with Crippen molar-refractivity contribution >= 4 is 20.6 Å². The molecule has 0 saturated heterocycles. The Hall–Kier alpha value is -1.03. The largest absolute Gasteiger partial charge is 0.497 e. The molecule has 1 aromatic carbocycles. The average molecular weight is 269 g/mol. The van der Waals surface area contributed by atoms with Crippen molar-refractivity contribution in [3.05, 3.63) is 29.8 Å². The minimum atomic E-state index is 0.338. The molecule has 0 aromatic heterocycles. The lowest BCUT2D eigenvalue weighted by Crippen LogP contribution is -2.13. The molecule has 0 radical (unpaired) electrons. The van der Waals surface area contributed by atoms with Crippen molar-refractivity contribution in [1.29, 1.82) is 0 Å². The number of methoxy groups -OCH3 is 1. The minimum absolute atomic E-state index is 0.338. The molecular formula is C11H13BrN2O. The summed E-state index contributed by atoms with van der Waals surface area (Å²) in [5.74, 6) is 0.888. The predicted octanol–water partition coefficient (Wildman–Crippen LogP) is 2.78. The zero-order valence-electron chi connectivity index (χ0n) is 8.77. The van der Waals surface area contributed by atoms with E-state index in [0.717, 1.165) is 16.8 Å². The van der Waals surface area contributed by atoms with Gasteiger partial charge in [0, 0.05) is 13.5 Å². The SMILES string of the molecule is COc1ccc(C2CC(Br)=NN2C)cc1. The molecule has 4 heteroatoms. The van der Waals surface area contributed by atoms with Gasteiger partial charge in [-0.25, -0.2) is 0 Å². The van der Waals surface area contributed by atoms with E-state index in [1.165, 1.54) is 5.56 Å². The molecule has 0 amide bonds. The molecule has 1 aromatic rings. The van der Waals surface area contributed by atoms with Crippen molar-refractivity contribution < 1.29 is 4.74 Å². The van der Waals surface area contributed by atoms with E-state index >= 15 is 0 Å². The number of halogens is 1. The summed E-state index contributed by atoms with van der Waals surface area (Å²) in [5, 5.41) is 6.30. The summed E-state index contributed by atoms with van der Waals surface area (Å²) in [7, 11) is 3.67. The normalized spacial score (nSPS) is 20.3. The van der Waals surface area contributed by atoms with Crippen molar-refractivity contribution in [2.45, 2.75) is 12.5 Å². The van der Waals surface area contributed by atoms with E-state index in [9.17, 15) is 0 Å². The van der Waals surface area contributed by atoms with Gasteiger partial charge in [0.25, 0.3) is 0 Å². The zero-order valence-corrected chi connectivity index (χ0v) is 10.4. The molecule has 0 fully saturated rings. The van der Waals surface area contributed by atoms with Crippen molar-refractivity contribution in [1.82, 2.24) is 5.01 Å². The number of hydrogen-bond donors (Lipinski definition) is 0. The fourth-order valence-corrected chi connectivity index (χ4v) is 2.29. The summed E-state index contributed by atoms with van der Waals surface area (Å²) in [6.07, 6.45) is 0.933. The molecule has 0 saturated carbocycles. The number of hydrogen-bond acceptors (Lipinski definition) is 3. The third-order valence-electron chi connectivity index (χ3n) is 2.58. The van der Waals surface area contributed by atoms with Crippen LogP contribution in [-0.4, -0.2) is 23.8 Å². The molecule has 0 N–H and O–H groups in total. The van der Waals surface area contributed by atoms with E-state index in [1.54, 1.807) is 7.11 Å². The van der Waals surface area contributed by atoms with E-state index in [2.05, 4.69) is 33.2 Å². The van der Waals surface area contributed by atoms with Gasteiger partial charge in [-0.15, -0.1) is 0 Å². The lowest BCUT2D eigenvalue weighted by molar-refractivity contribution is 0.289. The summed E-state index contributed by atoms with van der Waals surface area (Å²) in [6, 6.07) is 8.47. The smallest absolute Gasteiger partial charge is 0.118 e. The number of nitrogens with zero attached hydrogens (tertiary/aromatic N) is 2. The Labute approximate surface area is 97.9 Å². The molecular weight excluding hydrogens is 256 g/mol. The van der Waals surface area contributed by atoms with Crippen molar-refractivity contribution in [3.63, 3.8) is 0 Å². The van der Waals surface area contributed by atoms with Crippen LogP contribution in [0.5, 0.6) is 5.75 Å². The Morgan fingerprint density at radius 3 is 2.53 bits per heavy atom. The van der Waals surface area contributed by atoms with Gasteiger partial charge in [0.15, 0.2) is 0 Å². The van der Waals surface area contributed by atoms with Crippen LogP contribution in [0.4, 0.5) is 0 Å². The molecule has 2 rings (SSSR count). The molecule has 0 bridgehead atoms. The summed E-state index contributed by atoms with van der Waals surface area (Å²) in [6.45, 7) is 0. The molecule has 1 atom stereocenters. The van der Waals surface area contributed by atoms with Crippen LogP contribution in [-0.2, 0) is 0 Å². The predicted molar refractivity (Wildman–Crippen MR) is 64.5 cm³/mol. The topological polar surface area (TPSA) is 24.8 Å². The molecule has 15 heavy (non-hydrogen) atoms. The van der Waals surface area contributed by atoms with Gasteiger partial charge >= 0.3 is 0 Å². The summed E-state index contributed by atoms with van der Waals surface area (Å²) in [5.41, 5.74) is 1.26. The maximum absolute atomic E-state index is 5.13. The van der Waals surface area contributed by atoms with Crippen molar-refractivity contribution in [3.8, 4) is 5.75 Å². The number of benzene rings is 1.